The van der Waals surface area contributed by atoms with Gasteiger partial charge in [-0.05, 0) is 50.7 Å². The van der Waals surface area contributed by atoms with Crippen molar-refractivity contribution in [1.29, 1.82) is 0 Å². The minimum atomic E-state index is 0.202. The van der Waals surface area contributed by atoms with Crippen molar-refractivity contribution in [3.8, 4) is 17.2 Å². The van der Waals surface area contributed by atoms with Crippen LogP contribution >= 0.6 is 11.6 Å². The second-order valence-corrected chi connectivity index (χ2v) is 5.11. The maximum atomic E-state index is 6.31. The van der Waals surface area contributed by atoms with Gasteiger partial charge >= 0.3 is 0 Å². The largest absolute Gasteiger partial charge is 0.494 e. The molecule has 4 heteroatoms. The van der Waals surface area contributed by atoms with E-state index in [1.165, 1.54) is 0 Å². The first-order valence-electron chi connectivity index (χ1n) is 7.01. The number of hydrogen-bond donors (Lipinski definition) is 1. The summed E-state index contributed by atoms with van der Waals surface area (Å²) >= 11 is 6.31. The van der Waals surface area contributed by atoms with Crippen molar-refractivity contribution < 1.29 is 9.47 Å². The van der Waals surface area contributed by atoms with Crippen molar-refractivity contribution in [2.75, 3.05) is 13.7 Å². The maximum Gasteiger partial charge on any atom is 0.131 e. The zero-order valence-electron chi connectivity index (χ0n) is 12.5. The van der Waals surface area contributed by atoms with Gasteiger partial charge in [0.05, 0.1) is 6.61 Å². The SMILES string of the molecule is CCOc1cccc(Oc2ccc(C(C)NC)c(Cl)c2)c1. The summed E-state index contributed by atoms with van der Waals surface area (Å²) in [4.78, 5) is 0. The van der Waals surface area contributed by atoms with Crippen LogP contribution in [0.15, 0.2) is 42.5 Å². The van der Waals surface area contributed by atoms with Gasteiger partial charge in [0.15, 0.2) is 0 Å². The summed E-state index contributed by atoms with van der Waals surface area (Å²) in [6.07, 6.45) is 0. The fourth-order valence-electron chi connectivity index (χ4n) is 2.01. The zero-order valence-corrected chi connectivity index (χ0v) is 13.3. The van der Waals surface area contributed by atoms with E-state index in [1.807, 2.05) is 56.4 Å². The van der Waals surface area contributed by atoms with Gasteiger partial charge in [-0.25, -0.2) is 0 Å². The fourth-order valence-corrected chi connectivity index (χ4v) is 2.34. The molecule has 0 aliphatic rings. The molecule has 0 radical (unpaired) electrons. The van der Waals surface area contributed by atoms with E-state index in [2.05, 4.69) is 12.2 Å². The molecule has 0 heterocycles. The lowest BCUT2D eigenvalue weighted by Gasteiger charge is -2.14. The molecule has 0 aliphatic carbocycles. The lowest BCUT2D eigenvalue weighted by molar-refractivity contribution is 0.338. The van der Waals surface area contributed by atoms with Crippen LogP contribution < -0.4 is 14.8 Å². The molecule has 2 aromatic rings. The van der Waals surface area contributed by atoms with E-state index in [-0.39, 0.29) is 6.04 Å². The molecule has 2 rings (SSSR count). The van der Waals surface area contributed by atoms with E-state index in [1.54, 1.807) is 0 Å². The number of ether oxygens (including phenoxy) is 2. The van der Waals surface area contributed by atoms with Crippen LogP contribution in [0.3, 0.4) is 0 Å². The third kappa shape index (κ3) is 4.13. The zero-order chi connectivity index (χ0) is 15.2. The molecule has 1 atom stereocenters. The Kier molecular flexibility index (Phi) is 5.48. The van der Waals surface area contributed by atoms with Crippen LogP contribution in [0.4, 0.5) is 0 Å². The number of hydrogen-bond acceptors (Lipinski definition) is 3. The molecule has 0 saturated heterocycles. The van der Waals surface area contributed by atoms with Crippen molar-refractivity contribution in [3.05, 3.63) is 53.1 Å². The molecule has 0 saturated carbocycles. The van der Waals surface area contributed by atoms with Crippen LogP contribution in [-0.2, 0) is 0 Å². The average molecular weight is 306 g/mol. The van der Waals surface area contributed by atoms with Gasteiger partial charge in [-0.2, -0.15) is 0 Å². The van der Waals surface area contributed by atoms with Crippen LogP contribution in [0.2, 0.25) is 5.02 Å². The maximum absolute atomic E-state index is 6.31. The van der Waals surface area contributed by atoms with E-state index in [9.17, 15) is 0 Å². The summed E-state index contributed by atoms with van der Waals surface area (Å²) in [6.45, 7) is 4.65. The molecule has 0 aliphatic heterocycles. The van der Waals surface area contributed by atoms with Gasteiger partial charge in [-0.1, -0.05) is 23.7 Å². The Bertz CT molecular complexity index is 601. The van der Waals surface area contributed by atoms with Crippen molar-refractivity contribution in [1.82, 2.24) is 5.32 Å². The molecule has 0 spiro atoms. The molecule has 112 valence electrons. The molecule has 1 unspecified atom stereocenters. The molecule has 2 aromatic carbocycles. The molecule has 3 nitrogen and oxygen atoms in total. The van der Waals surface area contributed by atoms with Crippen molar-refractivity contribution >= 4 is 11.6 Å². The van der Waals surface area contributed by atoms with Gasteiger partial charge in [0.25, 0.3) is 0 Å². The number of benzene rings is 2. The quantitative estimate of drug-likeness (QED) is 0.830. The highest BCUT2D eigenvalue weighted by Crippen LogP contribution is 2.30. The number of halogens is 1. The Labute approximate surface area is 130 Å². The molecule has 1 N–H and O–H groups in total. The van der Waals surface area contributed by atoms with Gasteiger partial charge in [-0.15, -0.1) is 0 Å². The Hall–Kier alpha value is -1.71. The predicted molar refractivity (Wildman–Crippen MR) is 86.6 cm³/mol. The van der Waals surface area contributed by atoms with Crippen LogP contribution in [-0.4, -0.2) is 13.7 Å². The standard InChI is InChI=1S/C17H20ClNO2/c1-4-20-13-6-5-7-14(10-13)21-15-8-9-16(12(2)19-3)17(18)11-15/h5-12,19H,4H2,1-3H3. The smallest absolute Gasteiger partial charge is 0.131 e. The average Bonchev–Trinajstić information content (AvgIpc) is 2.47. The summed E-state index contributed by atoms with van der Waals surface area (Å²) in [6, 6.07) is 13.5. The van der Waals surface area contributed by atoms with Crippen LogP contribution in [0.1, 0.15) is 25.5 Å². The molecule has 0 amide bonds. The molecule has 0 aromatic heterocycles. The first-order chi connectivity index (χ1) is 10.1. The minimum absolute atomic E-state index is 0.202. The summed E-state index contributed by atoms with van der Waals surface area (Å²) in [5, 5.41) is 3.86. The van der Waals surface area contributed by atoms with Crippen LogP contribution in [0.25, 0.3) is 0 Å². The summed E-state index contributed by atoms with van der Waals surface area (Å²) in [7, 11) is 1.91. The third-order valence-corrected chi connectivity index (χ3v) is 3.55. The van der Waals surface area contributed by atoms with Gasteiger partial charge in [0.2, 0.25) is 0 Å². The number of rotatable bonds is 6. The highest BCUT2D eigenvalue weighted by atomic mass is 35.5. The monoisotopic (exact) mass is 305 g/mol. The van der Waals surface area contributed by atoms with Crippen LogP contribution in [0.5, 0.6) is 17.2 Å². The topological polar surface area (TPSA) is 30.5 Å². The first kappa shape index (κ1) is 15.7. The lowest BCUT2D eigenvalue weighted by atomic mass is 10.1. The van der Waals surface area contributed by atoms with Gasteiger partial charge < -0.3 is 14.8 Å². The minimum Gasteiger partial charge on any atom is -0.494 e. The van der Waals surface area contributed by atoms with Crippen molar-refractivity contribution in [2.45, 2.75) is 19.9 Å². The van der Waals surface area contributed by atoms with Gasteiger partial charge in [-0.3, -0.25) is 0 Å². The second-order valence-electron chi connectivity index (χ2n) is 4.70. The Morgan fingerprint density at radius 1 is 1.10 bits per heavy atom. The van der Waals surface area contributed by atoms with Crippen LogP contribution in [0, 0.1) is 0 Å². The summed E-state index contributed by atoms with van der Waals surface area (Å²) < 4.78 is 11.3. The molecule has 0 fully saturated rings. The molecular formula is C17H20ClNO2. The molecule has 21 heavy (non-hydrogen) atoms. The van der Waals surface area contributed by atoms with E-state index in [0.29, 0.717) is 17.4 Å². The fraction of sp³-hybridized carbons (Fsp3) is 0.294. The Morgan fingerprint density at radius 2 is 1.81 bits per heavy atom. The summed E-state index contributed by atoms with van der Waals surface area (Å²) in [5.74, 6) is 2.23. The molecular weight excluding hydrogens is 286 g/mol. The predicted octanol–water partition coefficient (Wildman–Crippen LogP) is 4.81. The highest BCUT2D eigenvalue weighted by molar-refractivity contribution is 6.31. The third-order valence-electron chi connectivity index (χ3n) is 3.22. The van der Waals surface area contributed by atoms with E-state index >= 15 is 0 Å². The molecule has 0 bridgehead atoms. The summed E-state index contributed by atoms with van der Waals surface area (Å²) in [5.41, 5.74) is 1.05. The Balaban J connectivity index is 2.16. The first-order valence-corrected chi connectivity index (χ1v) is 7.39. The lowest BCUT2D eigenvalue weighted by Crippen LogP contribution is -2.12. The Morgan fingerprint density at radius 3 is 2.48 bits per heavy atom. The van der Waals surface area contributed by atoms with Gasteiger partial charge in [0.1, 0.15) is 17.2 Å². The van der Waals surface area contributed by atoms with E-state index in [0.717, 1.165) is 17.1 Å². The number of nitrogens with one attached hydrogen (secondary N) is 1. The van der Waals surface area contributed by atoms with Crippen molar-refractivity contribution in [2.24, 2.45) is 0 Å². The highest BCUT2D eigenvalue weighted by Gasteiger charge is 2.09. The normalized spacial score (nSPS) is 12.0. The van der Waals surface area contributed by atoms with Gasteiger partial charge in [0, 0.05) is 17.1 Å². The second kappa shape index (κ2) is 7.34. The van der Waals surface area contributed by atoms with E-state index in [4.69, 9.17) is 21.1 Å². The van der Waals surface area contributed by atoms with Crippen molar-refractivity contribution in [3.63, 3.8) is 0 Å². The van der Waals surface area contributed by atoms with E-state index < -0.39 is 0 Å².